The number of rotatable bonds is 14. The molecule has 1 unspecified atom stereocenters. The van der Waals surface area contributed by atoms with Gasteiger partial charge in [0.25, 0.3) is 0 Å². The van der Waals surface area contributed by atoms with E-state index in [1.54, 1.807) is 30.4 Å². The third-order valence-corrected chi connectivity index (χ3v) is 8.11. The SMILES string of the molecule is COc1cc(C)c(S(=O)N(C)CCOCC(=O)N(C)Cc2ccc3nc(NCCN(C)C)ccc3c2)c(C)c1. The molecule has 1 atom stereocenters. The molecule has 0 spiro atoms. The van der Waals surface area contributed by atoms with E-state index >= 15 is 0 Å². The van der Waals surface area contributed by atoms with Crippen molar-refractivity contribution in [2.75, 3.05) is 73.5 Å². The molecule has 0 aliphatic carbocycles. The van der Waals surface area contributed by atoms with E-state index in [1.807, 2.05) is 64.3 Å². The fraction of sp³-hybridized carbons (Fsp3) is 0.448. The number of nitrogens with zero attached hydrogens (tertiary/aromatic N) is 4. The first-order chi connectivity index (χ1) is 18.6. The molecule has 0 aliphatic heterocycles. The highest BCUT2D eigenvalue weighted by molar-refractivity contribution is 7.82. The van der Waals surface area contributed by atoms with Gasteiger partial charge in [0.1, 0.15) is 29.2 Å². The van der Waals surface area contributed by atoms with Crippen LogP contribution in [0, 0.1) is 13.8 Å². The fourth-order valence-electron chi connectivity index (χ4n) is 4.15. The number of hydrogen-bond acceptors (Lipinski definition) is 7. The number of hydrogen-bond donors (Lipinski definition) is 1. The maximum Gasteiger partial charge on any atom is 0.248 e. The molecule has 2 aromatic carbocycles. The maximum atomic E-state index is 13.1. The van der Waals surface area contributed by atoms with Crippen LogP contribution in [0.4, 0.5) is 5.82 Å². The molecule has 0 fully saturated rings. The van der Waals surface area contributed by atoms with Gasteiger partial charge in [-0.3, -0.25) is 4.79 Å². The van der Waals surface area contributed by atoms with Gasteiger partial charge in [-0.2, -0.15) is 0 Å². The van der Waals surface area contributed by atoms with Gasteiger partial charge in [-0.15, -0.1) is 0 Å². The highest BCUT2D eigenvalue weighted by atomic mass is 32.2. The van der Waals surface area contributed by atoms with E-state index in [0.717, 1.165) is 57.1 Å². The van der Waals surface area contributed by atoms with Crippen LogP contribution < -0.4 is 10.1 Å². The zero-order chi connectivity index (χ0) is 28.5. The molecule has 1 heterocycles. The number of amides is 1. The molecule has 0 radical (unpaired) electrons. The Labute approximate surface area is 234 Å². The van der Waals surface area contributed by atoms with Gasteiger partial charge < -0.3 is 24.6 Å². The predicted octanol–water partition coefficient (Wildman–Crippen LogP) is 3.46. The van der Waals surface area contributed by atoms with Gasteiger partial charge in [0.15, 0.2) is 0 Å². The summed E-state index contributed by atoms with van der Waals surface area (Å²) in [4.78, 5) is 21.9. The van der Waals surface area contributed by atoms with Crippen molar-refractivity contribution in [1.29, 1.82) is 0 Å². The summed E-state index contributed by atoms with van der Waals surface area (Å²) in [6.07, 6.45) is 0. The van der Waals surface area contributed by atoms with Crippen molar-refractivity contribution >= 4 is 33.6 Å². The molecule has 212 valence electrons. The summed E-state index contributed by atoms with van der Waals surface area (Å²) in [5.41, 5.74) is 3.76. The fourth-order valence-corrected chi connectivity index (χ4v) is 5.37. The van der Waals surface area contributed by atoms with Gasteiger partial charge in [0.2, 0.25) is 5.91 Å². The van der Waals surface area contributed by atoms with Gasteiger partial charge in [-0.25, -0.2) is 13.5 Å². The molecule has 0 saturated carbocycles. The number of aryl methyl sites for hydroxylation is 2. The lowest BCUT2D eigenvalue weighted by atomic mass is 10.1. The van der Waals surface area contributed by atoms with Gasteiger partial charge in [-0.1, -0.05) is 6.07 Å². The molecule has 9 nitrogen and oxygen atoms in total. The zero-order valence-electron chi connectivity index (χ0n) is 24.1. The van der Waals surface area contributed by atoms with Gasteiger partial charge >= 0.3 is 0 Å². The minimum Gasteiger partial charge on any atom is -0.497 e. The number of ether oxygens (including phenoxy) is 2. The summed E-state index contributed by atoms with van der Waals surface area (Å²) >= 11 is 0. The third-order valence-electron chi connectivity index (χ3n) is 6.37. The summed E-state index contributed by atoms with van der Waals surface area (Å²) in [6, 6.07) is 13.8. The Balaban J connectivity index is 1.46. The summed E-state index contributed by atoms with van der Waals surface area (Å²) < 4.78 is 25.7. The van der Waals surface area contributed by atoms with Crippen molar-refractivity contribution in [2.45, 2.75) is 25.3 Å². The molecular weight excluding hydrogens is 514 g/mol. The van der Waals surface area contributed by atoms with Crippen molar-refractivity contribution < 1.29 is 18.5 Å². The number of anilines is 1. The molecule has 1 amide bonds. The molecule has 0 saturated heterocycles. The van der Waals surface area contributed by atoms with Crippen LogP contribution in [0.1, 0.15) is 16.7 Å². The van der Waals surface area contributed by atoms with Crippen LogP contribution >= 0.6 is 0 Å². The lowest BCUT2D eigenvalue weighted by Gasteiger charge is -2.20. The summed E-state index contributed by atoms with van der Waals surface area (Å²) in [7, 11) is 7.92. The Kier molecular flexibility index (Phi) is 11.2. The number of carbonyl (C=O) groups excluding carboxylic acids is 1. The van der Waals surface area contributed by atoms with Gasteiger partial charge in [-0.05, 0) is 81.0 Å². The molecule has 39 heavy (non-hydrogen) atoms. The third kappa shape index (κ3) is 8.72. The lowest BCUT2D eigenvalue weighted by molar-refractivity contribution is -0.135. The minimum atomic E-state index is -1.34. The summed E-state index contributed by atoms with van der Waals surface area (Å²) in [5, 5.41) is 4.37. The second kappa shape index (κ2) is 14.4. The molecule has 0 aliphatic rings. The van der Waals surface area contributed by atoms with Crippen LogP contribution in [0.2, 0.25) is 0 Å². The van der Waals surface area contributed by atoms with Crippen LogP contribution in [-0.2, 0) is 27.1 Å². The Morgan fingerprint density at radius 1 is 1.00 bits per heavy atom. The summed E-state index contributed by atoms with van der Waals surface area (Å²) in [5.74, 6) is 1.49. The minimum absolute atomic E-state index is 0.0331. The number of aromatic nitrogens is 1. The first-order valence-corrected chi connectivity index (χ1v) is 14.1. The Bertz CT molecular complexity index is 1280. The van der Waals surface area contributed by atoms with E-state index < -0.39 is 11.0 Å². The standard InChI is InChI=1S/C29H41N5O4S/c1-21-16-25(37-7)17-22(2)29(21)39(36)34(6)14-15-38-20-28(35)33(5)19-23-8-10-26-24(18-23)9-11-27(31-26)30-12-13-32(3)4/h8-11,16-18H,12-15,19-20H2,1-7H3,(H,30,31). The number of pyridine rings is 1. The largest absolute Gasteiger partial charge is 0.497 e. The highest BCUT2D eigenvalue weighted by Crippen LogP contribution is 2.25. The van der Waals surface area contributed by atoms with Gasteiger partial charge in [0.05, 0.1) is 24.1 Å². The number of methoxy groups -OCH3 is 1. The van der Waals surface area contributed by atoms with E-state index in [4.69, 9.17) is 9.47 Å². The van der Waals surface area contributed by atoms with Crippen molar-refractivity contribution in [2.24, 2.45) is 0 Å². The van der Waals surface area contributed by atoms with Crippen molar-refractivity contribution in [3.63, 3.8) is 0 Å². The summed E-state index contributed by atoms with van der Waals surface area (Å²) in [6.45, 7) is 6.78. The molecule has 10 heteroatoms. The van der Waals surface area contributed by atoms with Crippen molar-refractivity contribution in [3.8, 4) is 5.75 Å². The average Bonchev–Trinajstić information content (AvgIpc) is 2.90. The van der Waals surface area contributed by atoms with E-state index in [0.29, 0.717) is 19.7 Å². The first-order valence-electron chi connectivity index (χ1n) is 13.0. The molecular formula is C29H41N5O4S. The van der Waals surface area contributed by atoms with Crippen molar-refractivity contribution in [1.82, 2.24) is 19.1 Å². The Morgan fingerprint density at radius 3 is 2.38 bits per heavy atom. The maximum absolute atomic E-state index is 13.1. The van der Waals surface area contributed by atoms with Crippen LogP contribution in [0.3, 0.4) is 0 Å². The van der Waals surface area contributed by atoms with Crippen molar-refractivity contribution in [3.05, 3.63) is 59.2 Å². The number of carbonyl (C=O) groups is 1. The first kappa shape index (κ1) is 30.5. The van der Waals surface area contributed by atoms with Crippen LogP contribution in [-0.4, -0.2) is 97.4 Å². The van der Waals surface area contributed by atoms with Gasteiger partial charge in [0, 0.05) is 45.7 Å². The Morgan fingerprint density at radius 2 is 1.72 bits per heavy atom. The normalized spacial score (nSPS) is 12.2. The quantitative estimate of drug-likeness (QED) is 0.305. The smallest absolute Gasteiger partial charge is 0.248 e. The monoisotopic (exact) mass is 555 g/mol. The number of benzene rings is 2. The predicted molar refractivity (Wildman–Crippen MR) is 158 cm³/mol. The second-order valence-electron chi connectivity index (χ2n) is 9.95. The number of nitrogens with one attached hydrogen (secondary N) is 1. The van der Waals surface area contributed by atoms with E-state index in [9.17, 15) is 9.00 Å². The van der Waals surface area contributed by atoms with E-state index in [2.05, 4.69) is 21.3 Å². The Hall–Kier alpha value is -3.05. The van der Waals surface area contributed by atoms with Crippen LogP contribution in [0.5, 0.6) is 5.75 Å². The topological polar surface area (TPSA) is 87.2 Å². The molecule has 3 aromatic rings. The van der Waals surface area contributed by atoms with Crippen LogP contribution in [0.25, 0.3) is 10.9 Å². The lowest BCUT2D eigenvalue weighted by Crippen LogP contribution is -2.32. The van der Waals surface area contributed by atoms with E-state index in [1.165, 1.54) is 0 Å². The second-order valence-corrected chi connectivity index (χ2v) is 11.5. The average molecular weight is 556 g/mol. The molecule has 0 bridgehead atoms. The highest BCUT2D eigenvalue weighted by Gasteiger charge is 2.17. The van der Waals surface area contributed by atoms with E-state index in [-0.39, 0.29) is 12.5 Å². The molecule has 3 rings (SSSR count). The molecule has 1 N–H and O–H groups in total. The molecule has 1 aromatic heterocycles. The number of likely N-dealkylation sites (N-methyl/N-ethyl adjacent to an activating group) is 3. The number of fused-ring (bicyclic) bond motifs is 1. The zero-order valence-corrected chi connectivity index (χ0v) is 24.9. The van der Waals surface area contributed by atoms with Crippen LogP contribution in [0.15, 0.2) is 47.4 Å².